The minimum absolute atomic E-state index is 0.474. The van der Waals surface area contributed by atoms with E-state index in [-0.39, 0.29) is 0 Å². The topological polar surface area (TPSA) is 39.4 Å². The molecule has 0 radical (unpaired) electrons. The summed E-state index contributed by atoms with van der Waals surface area (Å²) in [5.41, 5.74) is 3.20. The molecule has 1 aliphatic heterocycles. The van der Waals surface area contributed by atoms with Crippen LogP contribution in [-0.4, -0.2) is 29.4 Å². The van der Waals surface area contributed by atoms with Gasteiger partial charge in [0.25, 0.3) is 0 Å². The number of hydrogen-bond acceptors (Lipinski definition) is 3. The monoisotopic (exact) mass is 249 g/mol. The number of halogens is 1. The maximum absolute atomic E-state index is 6.11. The third-order valence-corrected chi connectivity index (χ3v) is 3.39. The zero-order valence-corrected chi connectivity index (χ0v) is 10.5. The average molecular weight is 250 g/mol. The number of pyridine rings is 1. The lowest BCUT2D eigenvalue weighted by Gasteiger charge is -2.10. The number of aryl methyl sites for hydroxylation is 1. The molecule has 0 saturated heterocycles. The van der Waals surface area contributed by atoms with Crippen LogP contribution in [0.15, 0.2) is 11.1 Å². The van der Waals surface area contributed by atoms with Crippen molar-refractivity contribution in [2.24, 2.45) is 4.99 Å². The molecule has 17 heavy (non-hydrogen) atoms. The van der Waals surface area contributed by atoms with Gasteiger partial charge in [0, 0.05) is 18.1 Å². The van der Waals surface area contributed by atoms with E-state index in [0.29, 0.717) is 10.9 Å². The number of aromatic nitrogens is 2. The molecule has 0 aromatic carbocycles. The van der Waals surface area contributed by atoms with Crippen molar-refractivity contribution in [2.45, 2.75) is 13.5 Å². The Kier molecular flexibility index (Phi) is 2.33. The fourth-order valence-electron chi connectivity index (χ4n) is 2.24. The molecule has 1 aliphatic rings. The highest BCUT2D eigenvalue weighted by molar-refractivity contribution is 6.32. The highest BCUT2D eigenvalue weighted by Crippen LogP contribution is 2.31. The van der Waals surface area contributed by atoms with Crippen LogP contribution < -0.4 is 4.74 Å². The zero-order chi connectivity index (χ0) is 12.0. The van der Waals surface area contributed by atoms with Crippen LogP contribution in [0.5, 0.6) is 5.88 Å². The second-order valence-electron chi connectivity index (χ2n) is 4.05. The van der Waals surface area contributed by atoms with Gasteiger partial charge >= 0.3 is 0 Å². The van der Waals surface area contributed by atoms with Crippen molar-refractivity contribution >= 4 is 28.8 Å². The van der Waals surface area contributed by atoms with Crippen LogP contribution >= 0.6 is 11.6 Å². The first kappa shape index (κ1) is 10.6. The van der Waals surface area contributed by atoms with Gasteiger partial charge in [-0.3, -0.25) is 4.99 Å². The van der Waals surface area contributed by atoms with Crippen molar-refractivity contribution in [1.29, 1.82) is 0 Å². The van der Waals surface area contributed by atoms with E-state index in [4.69, 9.17) is 16.3 Å². The van der Waals surface area contributed by atoms with Gasteiger partial charge in [-0.25, -0.2) is 0 Å². The first-order valence-electron chi connectivity index (χ1n) is 5.45. The zero-order valence-electron chi connectivity index (χ0n) is 9.70. The first-order valence-corrected chi connectivity index (χ1v) is 5.83. The van der Waals surface area contributed by atoms with Crippen LogP contribution in [-0.2, 0) is 6.54 Å². The van der Waals surface area contributed by atoms with E-state index in [1.807, 2.05) is 12.3 Å². The van der Waals surface area contributed by atoms with E-state index in [9.17, 15) is 0 Å². The van der Waals surface area contributed by atoms with Crippen LogP contribution in [0.1, 0.15) is 11.3 Å². The summed E-state index contributed by atoms with van der Waals surface area (Å²) >= 11 is 6.11. The number of aliphatic imine (C=N–C) groups is 1. The molecule has 0 aliphatic carbocycles. The lowest BCUT2D eigenvalue weighted by Crippen LogP contribution is -2.11. The molecule has 4 nitrogen and oxygen atoms in total. The molecule has 0 bridgehead atoms. The van der Waals surface area contributed by atoms with Gasteiger partial charge in [0.2, 0.25) is 5.88 Å². The van der Waals surface area contributed by atoms with Gasteiger partial charge in [-0.15, -0.1) is 0 Å². The number of ether oxygens (including phenoxy) is 1. The van der Waals surface area contributed by atoms with Gasteiger partial charge in [-0.2, -0.15) is 4.98 Å². The molecular formula is C12H12ClN3O. The van der Waals surface area contributed by atoms with E-state index >= 15 is 0 Å². The van der Waals surface area contributed by atoms with Crippen LogP contribution in [0, 0.1) is 6.92 Å². The van der Waals surface area contributed by atoms with Crippen LogP contribution in [0.25, 0.3) is 11.0 Å². The summed E-state index contributed by atoms with van der Waals surface area (Å²) < 4.78 is 7.33. The molecule has 0 atom stereocenters. The summed E-state index contributed by atoms with van der Waals surface area (Å²) in [5, 5.41) is 1.61. The highest BCUT2D eigenvalue weighted by Gasteiger charge is 2.18. The summed E-state index contributed by atoms with van der Waals surface area (Å²) in [6.07, 6.45) is 1.90. The van der Waals surface area contributed by atoms with E-state index in [1.165, 1.54) is 5.56 Å². The lowest BCUT2D eigenvalue weighted by molar-refractivity contribution is 0.399. The molecule has 0 fully saturated rings. The van der Waals surface area contributed by atoms with Gasteiger partial charge in [0.1, 0.15) is 10.7 Å². The maximum Gasteiger partial charge on any atom is 0.234 e. The Labute approximate surface area is 104 Å². The number of fused-ring (bicyclic) bond motifs is 3. The largest absolute Gasteiger partial charge is 0.480 e. The Morgan fingerprint density at radius 2 is 2.29 bits per heavy atom. The maximum atomic E-state index is 6.11. The van der Waals surface area contributed by atoms with E-state index < -0.39 is 0 Å². The minimum atomic E-state index is 0.474. The molecule has 0 saturated carbocycles. The molecule has 0 unspecified atom stereocenters. The van der Waals surface area contributed by atoms with Crippen molar-refractivity contribution < 1.29 is 4.74 Å². The third-order valence-electron chi connectivity index (χ3n) is 3.12. The van der Waals surface area contributed by atoms with E-state index in [2.05, 4.69) is 21.5 Å². The minimum Gasteiger partial charge on any atom is -0.480 e. The van der Waals surface area contributed by atoms with Crippen molar-refractivity contribution in [3.63, 3.8) is 0 Å². The summed E-state index contributed by atoms with van der Waals surface area (Å²) in [6, 6.07) is 1.91. The predicted octanol–water partition coefficient (Wildman–Crippen LogP) is 2.44. The van der Waals surface area contributed by atoms with Gasteiger partial charge < -0.3 is 9.30 Å². The summed E-state index contributed by atoms with van der Waals surface area (Å²) in [5.74, 6) is 0.474. The average Bonchev–Trinajstić information content (AvgIpc) is 2.63. The fraction of sp³-hybridized carbons (Fsp3) is 0.333. The normalized spacial score (nSPS) is 14.1. The van der Waals surface area contributed by atoms with Gasteiger partial charge in [-0.05, 0) is 18.6 Å². The number of methoxy groups -OCH3 is 1. The summed E-state index contributed by atoms with van der Waals surface area (Å²) in [7, 11) is 1.58. The van der Waals surface area contributed by atoms with Crippen LogP contribution in [0.4, 0.5) is 0 Å². The van der Waals surface area contributed by atoms with Crippen LogP contribution in [0.2, 0.25) is 5.02 Å². The number of rotatable bonds is 1. The van der Waals surface area contributed by atoms with Crippen molar-refractivity contribution in [1.82, 2.24) is 9.55 Å². The quantitative estimate of drug-likeness (QED) is 0.779. The van der Waals surface area contributed by atoms with Gasteiger partial charge in [-0.1, -0.05) is 11.6 Å². The van der Waals surface area contributed by atoms with E-state index in [1.54, 1.807) is 7.11 Å². The molecule has 0 N–H and O–H groups in total. The Morgan fingerprint density at radius 1 is 1.47 bits per heavy atom. The molecule has 5 heteroatoms. The molecule has 2 aromatic heterocycles. The number of hydrogen-bond donors (Lipinski definition) is 0. The Bertz CT molecular complexity index is 630. The molecule has 0 spiro atoms. The second kappa shape index (κ2) is 3.74. The Hall–Kier alpha value is -1.55. The van der Waals surface area contributed by atoms with Crippen LogP contribution in [0.3, 0.4) is 0 Å². The van der Waals surface area contributed by atoms with Gasteiger partial charge in [0.15, 0.2) is 0 Å². The van der Waals surface area contributed by atoms with E-state index in [0.717, 1.165) is 29.8 Å². The fourth-order valence-corrected chi connectivity index (χ4v) is 2.47. The Morgan fingerprint density at radius 3 is 3.06 bits per heavy atom. The molecule has 88 valence electrons. The first-order chi connectivity index (χ1) is 8.22. The summed E-state index contributed by atoms with van der Waals surface area (Å²) in [4.78, 5) is 8.78. The standard InChI is InChI=1S/C12H12ClN3O/c1-7-8-5-9(13)12(17-2)15-11(8)16-4-3-14-6-10(7)16/h5-6H,3-4H2,1-2H3. The molecule has 0 amide bonds. The summed E-state index contributed by atoms with van der Waals surface area (Å²) in [6.45, 7) is 3.72. The van der Waals surface area contributed by atoms with Gasteiger partial charge in [0.05, 0.1) is 19.3 Å². The molecular weight excluding hydrogens is 238 g/mol. The van der Waals surface area contributed by atoms with Crippen molar-refractivity contribution in [2.75, 3.05) is 13.7 Å². The smallest absolute Gasteiger partial charge is 0.234 e. The molecule has 3 rings (SSSR count). The number of nitrogens with zero attached hydrogens (tertiary/aromatic N) is 3. The highest BCUT2D eigenvalue weighted by atomic mass is 35.5. The molecule has 3 heterocycles. The predicted molar refractivity (Wildman–Crippen MR) is 68.5 cm³/mol. The molecule has 2 aromatic rings. The second-order valence-corrected chi connectivity index (χ2v) is 4.45. The third kappa shape index (κ3) is 1.44. The Balaban J connectivity index is 2.39. The lowest BCUT2D eigenvalue weighted by atomic mass is 10.2. The van der Waals surface area contributed by atoms with Crippen molar-refractivity contribution in [3.05, 3.63) is 22.3 Å². The van der Waals surface area contributed by atoms with Crippen molar-refractivity contribution in [3.8, 4) is 5.88 Å². The SMILES string of the molecule is COc1nc2c(cc1Cl)c(C)c1n2CCN=C1.